The lowest BCUT2D eigenvalue weighted by Gasteiger charge is -2.26. The smallest absolute Gasteiger partial charge is 0.295 e. The molecule has 0 bridgehead atoms. The van der Waals surface area contributed by atoms with Crippen LogP contribution in [-0.2, 0) is 9.59 Å². The Hall–Kier alpha value is -3.39. The van der Waals surface area contributed by atoms with Crippen molar-refractivity contribution in [1.29, 1.82) is 0 Å². The van der Waals surface area contributed by atoms with Crippen LogP contribution in [0.2, 0.25) is 0 Å². The molecular weight excluding hydrogens is 386 g/mol. The van der Waals surface area contributed by atoms with Crippen molar-refractivity contribution >= 4 is 17.4 Å². The second kappa shape index (κ2) is 8.96. The van der Waals surface area contributed by atoms with Gasteiger partial charge in [-0.1, -0.05) is 0 Å². The molecule has 3 rings (SSSR count). The molecule has 1 saturated heterocycles. The number of aliphatic hydroxyl groups is 1. The Bertz CT molecular complexity index is 972. The largest absolute Gasteiger partial charge is 0.507 e. The molecule has 1 amide bonds. The van der Waals surface area contributed by atoms with Gasteiger partial charge in [-0.3, -0.25) is 14.6 Å². The molecule has 0 radical (unpaired) electrons. The van der Waals surface area contributed by atoms with E-state index in [1.807, 2.05) is 19.0 Å². The number of likely N-dealkylation sites (N-methyl/N-ethyl adjacent to an activating group) is 1. The van der Waals surface area contributed by atoms with Crippen molar-refractivity contribution in [2.45, 2.75) is 6.04 Å². The number of methoxy groups -OCH3 is 2. The van der Waals surface area contributed by atoms with Gasteiger partial charge in [-0.25, -0.2) is 0 Å². The van der Waals surface area contributed by atoms with Gasteiger partial charge in [0.2, 0.25) is 0 Å². The number of ketones is 1. The second-order valence-electron chi connectivity index (χ2n) is 7.15. The van der Waals surface area contributed by atoms with E-state index in [4.69, 9.17) is 9.47 Å². The summed E-state index contributed by atoms with van der Waals surface area (Å²) < 4.78 is 10.5. The highest BCUT2D eigenvalue weighted by Gasteiger charge is 2.45. The SMILES string of the molecule is COc1ccc(C(O)=C2C(=O)C(=O)N(CCN(C)C)C2c2ccncc2)cc1OC. The molecule has 8 heteroatoms. The average molecular weight is 411 g/mol. The van der Waals surface area contributed by atoms with Crippen molar-refractivity contribution in [3.05, 3.63) is 59.4 Å². The summed E-state index contributed by atoms with van der Waals surface area (Å²) in [7, 11) is 6.78. The van der Waals surface area contributed by atoms with Crippen LogP contribution in [0.1, 0.15) is 17.2 Å². The third-order valence-corrected chi connectivity index (χ3v) is 5.01. The van der Waals surface area contributed by atoms with E-state index < -0.39 is 17.7 Å². The van der Waals surface area contributed by atoms with Crippen LogP contribution in [0.3, 0.4) is 0 Å². The zero-order valence-electron chi connectivity index (χ0n) is 17.5. The van der Waals surface area contributed by atoms with E-state index in [1.165, 1.54) is 19.1 Å². The van der Waals surface area contributed by atoms with Gasteiger partial charge >= 0.3 is 0 Å². The van der Waals surface area contributed by atoms with Crippen LogP contribution in [0.25, 0.3) is 5.76 Å². The summed E-state index contributed by atoms with van der Waals surface area (Å²) in [5.74, 6) is -0.720. The summed E-state index contributed by atoms with van der Waals surface area (Å²) in [6.45, 7) is 0.915. The van der Waals surface area contributed by atoms with Crippen LogP contribution in [-0.4, -0.2) is 73.0 Å². The molecule has 2 heterocycles. The molecule has 158 valence electrons. The molecule has 1 aliphatic rings. The lowest BCUT2D eigenvalue weighted by Crippen LogP contribution is -2.35. The molecule has 2 aromatic rings. The highest BCUT2D eigenvalue weighted by atomic mass is 16.5. The quantitative estimate of drug-likeness (QED) is 0.424. The van der Waals surface area contributed by atoms with Crippen LogP contribution in [0, 0.1) is 0 Å². The minimum absolute atomic E-state index is 0.0391. The normalized spacial score (nSPS) is 18.2. The molecule has 30 heavy (non-hydrogen) atoms. The lowest BCUT2D eigenvalue weighted by molar-refractivity contribution is -0.140. The number of hydrogen-bond acceptors (Lipinski definition) is 7. The van der Waals surface area contributed by atoms with Crippen LogP contribution in [0.5, 0.6) is 11.5 Å². The number of ether oxygens (including phenoxy) is 2. The van der Waals surface area contributed by atoms with Gasteiger partial charge in [0.05, 0.1) is 25.8 Å². The summed E-state index contributed by atoms with van der Waals surface area (Å²) >= 11 is 0. The summed E-state index contributed by atoms with van der Waals surface area (Å²) in [4.78, 5) is 33.2. The van der Waals surface area contributed by atoms with Crippen molar-refractivity contribution in [3.63, 3.8) is 0 Å². The van der Waals surface area contributed by atoms with Crippen LogP contribution >= 0.6 is 0 Å². The maximum Gasteiger partial charge on any atom is 0.295 e. The summed E-state index contributed by atoms with van der Waals surface area (Å²) in [6, 6.07) is 7.60. The number of benzene rings is 1. The molecule has 1 atom stereocenters. The van der Waals surface area contributed by atoms with Crippen LogP contribution in [0.15, 0.2) is 48.3 Å². The summed E-state index contributed by atoms with van der Waals surface area (Å²) in [6.07, 6.45) is 3.19. The molecule has 1 aliphatic heterocycles. The number of rotatable bonds is 7. The number of carbonyl (C=O) groups is 2. The van der Waals surface area contributed by atoms with Gasteiger partial charge in [0.1, 0.15) is 5.76 Å². The highest BCUT2D eigenvalue weighted by Crippen LogP contribution is 2.40. The molecule has 1 aromatic carbocycles. The number of aromatic nitrogens is 1. The van der Waals surface area contributed by atoms with Crippen molar-refractivity contribution in [2.75, 3.05) is 41.4 Å². The van der Waals surface area contributed by atoms with Gasteiger partial charge in [-0.05, 0) is 50.0 Å². The molecular formula is C22H25N3O5. The number of likely N-dealkylation sites (tertiary alicyclic amines) is 1. The first-order valence-electron chi connectivity index (χ1n) is 9.44. The third kappa shape index (κ3) is 3.99. The minimum atomic E-state index is -0.720. The van der Waals surface area contributed by atoms with Crippen molar-refractivity contribution < 1.29 is 24.2 Å². The number of nitrogens with zero attached hydrogens (tertiary/aromatic N) is 3. The molecule has 1 unspecified atom stereocenters. The number of Topliss-reactive ketones (excluding diaryl/α,β-unsaturated/α-hetero) is 1. The maximum absolute atomic E-state index is 12.9. The molecule has 8 nitrogen and oxygen atoms in total. The van der Waals surface area contributed by atoms with E-state index in [2.05, 4.69) is 4.98 Å². The topological polar surface area (TPSA) is 92.2 Å². The predicted octanol–water partition coefficient (Wildman–Crippen LogP) is 2.08. The number of aliphatic hydroxyl groups excluding tert-OH is 1. The van der Waals surface area contributed by atoms with E-state index in [-0.39, 0.29) is 11.3 Å². The minimum Gasteiger partial charge on any atom is -0.507 e. The summed E-state index contributed by atoms with van der Waals surface area (Å²) in [5, 5.41) is 11.1. The second-order valence-corrected chi connectivity index (χ2v) is 7.15. The summed E-state index contributed by atoms with van der Waals surface area (Å²) in [5.41, 5.74) is 1.10. The third-order valence-electron chi connectivity index (χ3n) is 5.01. The van der Waals surface area contributed by atoms with Gasteiger partial charge in [0.15, 0.2) is 11.5 Å². The standard InChI is InChI=1S/C22H25N3O5/c1-24(2)11-12-25-19(14-7-9-23-10-8-14)18(21(27)22(25)28)20(26)15-5-6-16(29-3)17(13-15)30-4/h5-10,13,19,26H,11-12H2,1-4H3. The Morgan fingerprint density at radius 1 is 1.10 bits per heavy atom. The van der Waals surface area contributed by atoms with E-state index in [0.717, 1.165) is 0 Å². The van der Waals surface area contributed by atoms with Crippen molar-refractivity contribution in [1.82, 2.24) is 14.8 Å². The first-order valence-corrected chi connectivity index (χ1v) is 9.44. The van der Waals surface area contributed by atoms with Gasteiger partial charge in [-0.15, -0.1) is 0 Å². The van der Waals surface area contributed by atoms with E-state index in [1.54, 1.807) is 42.7 Å². The Morgan fingerprint density at radius 2 is 1.77 bits per heavy atom. The number of pyridine rings is 1. The maximum atomic E-state index is 12.9. The van der Waals surface area contributed by atoms with Gasteiger partial charge in [-0.2, -0.15) is 0 Å². The zero-order valence-corrected chi connectivity index (χ0v) is 17.5. The van der Waals surface area contributed by atoms with Crippen molar-refractivity contribution in [2.24, 2.45) is 0 Å². The average Bonchev–Trinajstić information content (AvgIpc) is 3.01. The molecule has 1 N–H and O–H groups in total. The number of hydrogen-bond donors (Lipinski definition) is 1. The fraction of sp³-hybridized carbons (Fsp3) is 0.318. The number of amides is 1. The van der Waals surface area contributed by atoms with Crippen molar-refractivity contribution in [3.8, 4) is 11.5 Å². The van der Waals surface area contributed by atoms with E-state index in [9.17, 15) is 14.7 Å². The van der Waals surface area contributed by atoms with Gasteiger partial charge < -0.3 is 24.4 Å². The zero-order chi connectivity index (χ0) is 21.8. The Morgan fingerprint density at radius 3 is 2.37 bits per heavy atom. The Balaban J connectivity index is 2.14. The van der Waals surface area contributed by atoms with Crippen LogP contribution < -0.4 is 9.47 Å². The fourth-order valence-electron chi connectivity index (χ4n) is 3.45. The molecule has 1 aromatic heterocycles. The lowest BCUT2D eigenvalue weighted by atomic mass is 9.96. The molecule has 0 aliphatic carbocycles. The molecule has 1 fully saturated rings. The first-order chi connectivity index (χ1) is 14.4. The van der Waals surface area contributed by atoms with Gasteiger partial charge in [0, 0.05) is 31.0 Å². The Kier molecular flexibility index (Phi) is 6.37. The molecule has 0 spiro atoms. The van der Waals surface area contributed by atoms with E-state index in [0.29, 0.717) is 35.7 Å². The van der Waals surface area contributed by atoms with Gasteiger partial charge in [0.25, 0.3) is 11.7 Å². The van der Waals surface area contributed by atoms with E-state index >= 15 is 0 Å². The number of carbonyl (C=O) groups excluding carboxylic acids is 2. The predicted molar refractivity (Wildman–Crippen MR) is 111 cm³/mol. The first kappa shape index (κ1) is 21.3. The Labute approximate surface area is 175 Å². The highest BCUT2D eigenvalue weighted by molar-refractivity contribution is 6.46. The molecule has 0 saturated carbocycles. The monoisotopic (exact) mass is 411 g/mol. The van der Waals surface area contributed by atoms with Crippen LogP contribution in [0.4, 0.5) is 0 Å². The fourth-order valence-corrected chi connectivity index (χ4v) is 3.45.